The molecule has 1 amide bonds. The molecule has 9 nitrogen and oxygen atoms in total. The van der Waals surface area contributed by atoms with Crippen LogP contribution in [0.4, 0.5) is 0 Å². The second-order valence-electron chi connectivity index (χ2n) is 6.88. The van der Waals surface area contributed by atoms with Gasteiger partial charge in [0.25, 0.3) is 5.56 Å². The number of carbonyl (C=O) groups excluding carboxylic acids is 1. The first-order valence-corrected chi connectivity index (χ1v) is 7.64. The quantitative estimate of drug-likeness (QED) is 0.744. The molecule has 0 saturated carbocycles. The maximum absolute atomic E-state index is 12.6. The van der Waals surface area contributed by atoms with E-state index in [2.05, 4.69) is 4.98 Å². The van der Waals surface area contributed by atoms with Crippen LogP contribution < -0.4 is 17.0 Å². The number of hydrogen-bond donors (Lipinski definition) is 1. The van der Waals surface area contributed by atoms with Crippen molar-refractivity contribution in [3.8, 4) is 0 Å². The van der Waals surface area contributed by atoms with Crippen LogP contribution in [0.2, 0.25) is 0 Å². The van der Waals surface area contributed by atoms with Crippen LogP contribution in [-0.2, 0) is 25.4 Å². The maximum Gasteiger partial charge on any atom is 0.332 e. The molecular weight excluding hydrogens is 312 g/mol. The molecule has 9 heteroatoms. The molecule has 2 heterocycles. The standard InChI is InChI=1S/C15H24N6O3/c1-15(2,7-16)8-18(3)10(22)6-21-13(23)11-12(17-9-19(11)4)20(5)14(21)24/h9H,6-8,16H2,1-5H3. The van der Waals surface area contributed by atoms with Crippen molar-refractivity contribution < 1.29 is 4.79 Å². The Bertz CT molecular complexity index is 889. The minimum absolute atomic E-state index is 0.244. The average Bonchev–Trinajstić information content (AvgIpc) is 2.90. The van der Waals surface area contributed by atoms with Gasteiger partial charge in [0, 0.05) is 27.7 Å². The normalized spacial score (nSPS) is 11.9. The van der Waals surface area contributed by atoms with E-state index in [0.29, 0.717) is 18.7 Å². The Morgan fingerprint density at radius 2 is 1.96 bits per heavy atom. The van der Waals surface area contributed by atoms with E-state index in [1.54, 1.807) is 18.7 Å². The minimum atomic E-state index is -0.564. The van der Waals surface area contributed by atoms with Crippen LogP contribution in [0.25, 0.3) is 11.2 Å². The average molecular weight is 336 g/mol. The first kappa shape index (κ1) is 17.9. The monoisotopic (exact) mass is 336 g/mol. The van der Waals surface area contributed by atoms with Gasteiger partial charge < -0.3 is 15.2 Å². The summed E-state index contributed by atoms with van der Waals surface area (Å²) in [7, 11) is 4.83. The summed E-state index contributed by atoms with van der Waals surface area (Å²) in [6.07, 6.45) is 1.47. The van der Waals surface area contributed by atoms with E-state index in [0.717, 1.165) is 4.57 Å². The highest BCUT2D eigenvalue weighted by atomic mass is 16.2. The van der Waals surface area contributed by atoms with Crippen LogP contribution in [-0.4, -0.2) is 49.6 Å². The first-order valence-electron chi connectivity index (χ1n) is 7.64. The summed E-state index contributed by atoms with van der Waals surface area (Å²) in [5.41, 5.74) is 4.94. The Kier molecular flexibility index (Phi) is 4.66. The lowest BCUT2D eigenvalue weighted by molar-refractivity contribution is -0.131. The third-order valence-electron chi connectivity index (χ3n) is 4.14. The van der Waals surface area contributed by atoms with E-state index >= 15 is 0 Å². The molecule has 0 aliphatic carbocycles. The molecule has 0 unspecified atom stereocenters. The van der Waals surface area contributed by atoms with E-state index in [1.165, 1.54) is 22.8 Å². The molecule has 0 aromatic carbocycles. The third kappa shape index (κ3) is 3.12. The zero-order chi connectivity index (χ0) is 18.2. The molecule has 0 atom stereocenters. The van der Waals surface area contributed by atoms with E-state index in [4.69, 9.17) is 5.73 Å². The van der Waals surface area contributed by atoms with Crippen molar-refractivity contribution in [3.63, 3.8) is 0 Å². The summed E-state index contributed by atoms with van der Waals surface area (Å²) >= 11 is 0. The molecule has 2 N–H and O–H groups in total. The van der Waals surface area contributed by atoms with Gasteiger partial charge in [0.15, 0.2) is 11.2 Å². The molecule has 0 radical (unpaired) electrons. The highest BCUT2D eigenvalue weighted by Crippen LogP contribution is 2.14. The van der Waals surface area contributed by atoms with Gasteiger partial charge in [-0.15, -0.1) is 0 Å². The SMILES string of the molecule is CN(CC(C)(C)CN)C(=O)Cn1c(=O)c2c(ncn2C)n(C)c1=O. The smallest absolute Gasteiger partial charge is 0.332 e. The molecule has 2 aromatic heterocycles. The summed E-state index contributed by atoms with van der Waals surface area (Å²) in [6.45, 7) is 4.44. The van der Waals surface area contributed by atoms with E-state index in [1.807, 2.05) is 13.8 Å². The number of nitrogens with zero attached hydrogens (tertiary/aromatic N) is 5. The van der Waals surface area contributed by atoms with Crippen molar-refractivity contribution in [2.75, 3.05) is 20.1 Å². The number of nitrogens with two attached hydrogens (primary N) is 1. The first-order chi connectivity index (χ1) is 11.1. The van der Waals surface area contributed by atoms with Gasteiger partial charge >= 0.3 is 5.69 Å². The fourth-order valence-corrected chi connectivity index (χ4v) is 2.59. The molecule has 2 aromatic rings. The predicted octanol–water partition coefficient (Wildman–Crippen LogP) is -1.12. The number of likely N-dealkylation sites (N-methyl/N-ethyl adjacent to an activating group) is 1. The van der Waals surface area contributed by atoms with Crippen LogP contribution in [0, 0.1) is 5.41 Å². The molecular formula is C15H24N6O3. The number of amides is 1. The van der Waals surface area contributed by atoms with Crippen molar-refractivity contribution in [2.24, 2.45) is 25.2 Å². The summed E-state index contributed by atoms with van der Waals surface area (Å²) in [4.78, 5) is 43.0. The van der Waals surface area contributed by atoms with Gasteiger partial charge in [-0.1, -0.05) is 13.8 Å². The summed E-state index contributed by atoms with van der Waals surface area (Å²) in [5.74, 6) is -0.322. The van der Waals surface area contributed by atoms with Crippen molar-refractivity contribution in [1.82, 2.24) is 23.6 Å². The second kappa shape index (κ2) is 6.23. The molecule has 0 saturated heterocycles. The Morgan fingerprint density at radius 1 is 1.33 bits per heavy atom. The largest absolute Gasteiger partial charge is 0.344 e. The highest BCUT2D eigenvalue weighted by Gasteiger charge is 2.23. The van der Waals surface area contributed by atoms with Crippen molar-refractivity contribution in [2.45, 2.75) is 20.4 Å². The van der Waals surface area contributed by atoms with E-state index in [9.17, 15) is 14.4 Å². The van der Waals surface area contributed by atoms with Crippen molar-refractivity contribution in [1.29, 1.82) is 0 Å². The summed E-state index contributed by atoms with van der Waals surface area (Å²) in [6, 6.07) is 0. The molecule has 24 heavy (non-hydrogen) atoms. The van der Waals surface area contributed by atoms with Gasteiger partial charge in [-0.05, 0) is 12.0 Å². The van der Waals surface area contributed by atoms with E-state index in [-0.39, 0.29) is 23.4 Å². The van der Waals surface area contributed by atoms with Crippen LogP contribution in [0.1, 0.15) is 13.8 Å². The van der Waals surface area contributed by atoms with Gasteiger partial charge in [-0.2, -0.15) is 0 Å². The number of carbonyl (C=O) groups is 1. The van der Waals surface area contributed by atoms with Gasteiger partial charge in [0.1, 0.15) is 6.54 Å². The second-order valence-corrected chi connectivity index (χ2v) is 6.88. The summed E-state index contributed by atoms with van der Waals surface area (Å²) < 4.78 is 3.76. The number of aromatic nitrogens is 4. The zero-order valence-electron chi connectivity index (χ0n) is 14.7. The number of rotatable bonds is 5. The lowest BCUT2D eigenvalue weighted by Crippen LogP contribution is -2.46. The van der Waals surface area contributed by atoms with Crippen LogP contribution in [0.15, 0.2) is 15.9 Å². The number of hydrogen-bond acceptors (Lipinski definition) is 5. The van der Waals surface area contributed by atoms with Crippen LogP contribution in [0.3, 0.4) is 0 Å². The van der Waals surface area contributed by atoms with Gasteiger partial charge in [0.2, 0.25) is 5.91 Å². The zero-order valence-corrected chi connectivity index (χ0v) is 14.7. The van der Waals surface area contributed by atoms with Crippen molar-refractivity contribution >= 4 is 17.1 Å². The van der Waals surface area contributed by atoms with Crippen molar-refractivity contribution in [3.05, 3.63) is 27.2 Å². The minimum Gasteiger partial charge on any atom is -0.344 e. The van der Waals surface area contributed by atoms with Crippen LogP contribution >= 0.6 is 0 Å². The third-order valence-corrected chi connectivity index (χ3v) is 4.14. The van der Waals surface area contributed by atoms with E-state index < -0.39 is 11.2 Å². The Hall–Kier alpha value is -2.42. The maximum atomic E-state index is 12.6. The van der Waals surface area contributed by atoms with Gasteiger partial charge in [0.05, 0.1) is 6.33 Å². The molecule has 0 bridgehead atoms. The van der Waals surface area contributed by atoms with Gasteiger partial charge in [-0.25, -0.2) is 14.3 Å². The summed E-state index contributed by atoms with van der Waals surface area (Å²) in [5, 5.41) is 0. The Labute approximate surface area is 139 Å². The lowest BCUT2D eigenvalue weighted by atomic mass is 9.93. The molecule has 0 aliphatic rings. The topological polar surface area (TPSA) is 108 Å². The Balaban J connectivity index is 2.40. The molecule has 0 spiro atoms. The predicted molar refractivity (Wildman–Crippen MR) is 90.7 cm³/mol. The molecule has 0 aliphatic heterocycles. The number of imidazole rings is 1. The lowest BCUT2D eigenvalue weighted by Gasteiger charge is -2.29. The molecule has 2 rings (SSSR count). The fourth-order valence-electron chi connectivity index (χ4n) is 2.59. The van der Waals surface area contributed by atoms with Crippen LogP contribution in [0.5, 0.6) is 0 Å². The number of aryl methyl sites for hydroxylation is 2. The van der Waals surface area contributed by atoms with Gasteiger partial charge in [-0.3, -0.25) is 14.2 Å². The Morgan fingerprint density at radius 3 is 2.54 bits per heavy atom. The molecule has 132 valence electrons. The highest BCUT2D eigenvalue weighted by molar-refractivity contribution is 5.76. The fraction of sp³-hybridized carbons (Fsp3) is 0.600. The molecule has 0 fully saturated rings. The number of fused-ring (bicyclic) bond motifs is 1.